The third kappa shape index (κ3) is 2.99. The Balaban J connectivity index is 1.80. The SMILES string of the molecule is Cn1c(=O)c(-c2ccccc2Cl)cc2cnc(NC3CCOC3)nc21. The fourth-order valence-electron chi connectivity index (χ4n) is 3.02. The maximum Gasteiger partial charge on any atom is 0.259 e. The lowest BCUT2D eigenvalue weighted by molar-refractivity contribution is 0.195. The van der Waals surface area contributed by atoms with Crippen molar-refractivity contribution in [2.24, 2.45) is 7.05 Å². The van der Waals surface area contributed by atoms with E-state index in [1.807, 2.05) is 18.2 Å². The Labute approximate surface area is 149 Å². The normalized spacial score (nSPS) is 17.1. The zero-order valence-corrected chi connectivity index (χ0v) is 14.5. The topological polar surface area (TPSA) is 69.0 Å². The van der Waals surface area contributed by atoms with Gasteiger partial charge in [0.1, 0.15) is 5.65 Å². The van der Waals surface area contributed by atoms with E-state index in [9.17, 15) is 4.79 Å². The Morgan fingerprint density at radius 1 is 1.32 bits per heavy atom. The molecule has 1 N–H and O–H groups in total. The van der Waals surface area contributed by atoms with E-state index in [0.29, 0.717) is 34.4 Å². The molecule has 0 saturated carbocycles. The van der Waals surface area contributed by atoms with Crippen molar-refractivity contribution in [1.29, 1.82) is 0 Å². The second kappa shape index (κ2) is 6.46. The maximum atomic E-state index is 12.8. The molecule has 7 heteroatoms. The highest BCUT2D eigenvalue weighted by Gasteiger charge is 2.17. The number of nitrogens with zero attached hydrogens (tertiary/aromatic N) is 3. The van der Waals surface area contributed by atoms with Crippen LogP contribution in [0.5, 0.6) is 0 Å². The lowest BCUT2D eigenvalue weighted by Gasteiger charge is -2.13. The van der Waals surface area contributed by atoms with Crippen LogP contribution in [0.25, 0.3) is 22.2 Å². The van der Waals surface area contributed by atoms with Gasteiger partial charge in [-0.1, -0.05) is 29.8 Å². The minimum Gasteiger partial charge on any atom is -0.379 e. The van der Waals surface area contributed by atoms with Crippen LogP contribution in [-0.2, 0) is 11.8 Å². The highest BCUT2D eigenvalue weighted by atomic mass is 35.5. The van der Waals surface area contributed by atoms with Crippen LogP contribution in [-0.4, -0.2) is 33.8 Å². The minimum atomic E-state index is -0.144. The fourth-order valence-corrected chi connectivity index (χ4v) is 3.26. The van der Waals surface area contributed by atoms with Crippen molar-refractivity contribution >= 4 is 28.6 Å². The number of hydrogen-bond acceptors (Lipinski definition) is 5. The van der Waals surface area contributed by atoms with Gasteiger partial charge in [-0.25, -0.2) is 4.98 Å². The van der Waals surface area contributed by atoms with E-state index >= 15 is 0 Å². The highest BCUT2D eigenvalue weighted by molar-refractivity contribution is 6.33. The van der Waals surface area contributed by atoms with E-state index in [2.05, 4.69) is 15.3 Å². The van der Waals surface area contributed by atoms with Crippen LogP contribution in [0.4, 0.5) is 5.95 Å². The summed E-state index contributed by atoms with van der Waals surface area (Å²) in [5.41, 5.74) is 1.68. The number of halogens is 1. The molecule has 0 spiro atoms. The van der Waals surface area contributed by atoms with E-state index in [1.54, 1.807) is 25.4 Å². The molecular weight excluding hydrogens is 340 g/mol. The molecule has 1 aliphatic heterocycles. The van der Waals surface area contributed by atoms with Crippen LogP contribution < -0.4 is 10.9 Å². The van der Waals surface area contributed by atoms with Crippen molar-refractivity contribution in [2.45, 2.75) is 12.5 Å². The van der Waals surface area contributed by atoms with Gasteiger partial charge in [0.25, 0.3) is 5.56 Å². The van der Waals surface area contributed by atoms with Gasteiger partial charge in [0.2, 0.25) is 5.95 Å². The average Bonchev–Trinajstić information content (AvgIpc) is 3.12. The zero-order valence-electron chi connectivity index (χ0n) is 13.7. The van der Waals surface area contributed by atoms with Crippen LogP contribution >= 0.6 is 11.6 Å². The molecule has 1 aliphatic rings. The highest BCUT2D eigenvalue weighted by Crippen LogP contribution is 2.27. The molecule has 3 aromatic rings. The average molecular weight is 357 g/mol. The Kier molecular flexibility index (Phi) is 4.15. The summed E-state index contributed by atoms with van der Waals surface area (Å²) < 4.78 is 6.88. The van der Waals surface area contributed by atoms with Gasteiger partial charge < -0.3 is 10.1 Å². The van der Waals surface area contributed by atoms with Crippen LogP contribution in [0.1, 0.15) is 6.42 Å². The van der Waals surface area contributed by atoms with Gasteiger partial charge in [-0.05, 0) is 18.6 Å². The number of aryl methyl sites for hydroxylation is 1. The molecule has 3 heterocycles. The van der Waals surface area contributed by atoms with Crippen molar-refractivity contribution in [1.82, 2.24) is 14.5 Å². The summed E-state index contributed by atoms with van der Waals surface area (Å²) in [6.45, 7) is 1.39. The smallest absolute Gasteiger partial charge is 0.259 e. The summed E-state index contributed by atoms with van der Waals surface area (Å²) in [4.78, 5) is 21.7. The molecule has 0 amide bonds. The maximum absolute atomic E-state index is 12.8. The number of anilines is 1. The van der Waals surface area contributed by atoms with Crippen molar-refractivity contribution < 1.29 is 4.74 Å². The van der Waals surface area contributed by atoms with Crippen LogP contribution in [0.15, 0.2) is 41.3 Å². The molecule has 128 valence electrons. The molecule has 6 nitrogen and oxygen atoms in total. The van der Waals surface area contributed by atoms with Gasteiger partial charge in [0, 0.05) is 41.4 Å². The van der Waals surface area contributed by atoms with E-state index in [0.717, 1.165) is 18.4 Å². The van der Waals surface area contributed by atoms with Crippen molar-refractivity contribution in [3.63, 3.8) is 0 Å². The predicted octanol–water partition coefficient (Wildman–Crippen LogP) is 2.85. The lowest BCUT2D eigenvalue weighted by atomic mass is 10.1. The Morgan fingerprint density at radius 3 is 2.92 bits per heavy atom. The van der Waals surface area contributed by atoms with Gasteiger partial charge >= 0.3 is 0 Å². The minimum absolute atomic E-state index is 0.144. The zero-order chi connectivity index (χ0) is 17.4. The first kappa shape index (κ1) is 16.1. The van der Waals surface area contributed by atoms with E-state index in [4.69, 9.17) is 16.3 Å². The van der Waals surface area contributed by atoms with Gasteiger partial charge in [-0.2, -0.15) is 4.98 Å². The first-order chi connectivity index (χ1) is 12.1. The van der Waals surface area contributed by atoms with Crippen LogP contribution in [0, 0.1) is 0 Å². The second-order valence-corrected chi connectivity index (χ2v) is 6.49. The summed E-state index contributed by atoms with van der Waals surface area (Å²) in [5.74, 6) is 0.503. The summed E-state index contributed by atoms with van der Waals surface area (Å²) in [5, 5.41) is 4.58. The monoisotopic (exact) mass is 356 g/mol. The lowest BCUT2D eigenvalue weighted by Crippen LogP contribution is -2.23. The summed E-state index contributed by atoms with van der Waals surface area (Å²) in [6.07, 6.45) is 2.64. The quantitative estimate of drug-likeness (QED) is 0.781. The third-order valence-electron chi connectivity index (χ3n) is 4.38. The predicted molar refractivity (Wildman–Crippen MR) is 98.1 cm³/mol. The number of aromatic nitrogens is 3. The first-order valence-corrected chi connectivity index (χ1v) is 8.47. The molecule has 2 aromatic heterocycles. The number of ether oxygens (including phenoxy) is 1. The number of nitrogens with one attached hydrogen (secondary N) is 1. The van der Waals surface area contributed by atoms with Gasteiger partial charge in [-0.15, -0.1) is 0 Å². The van der Waals surface area contributed by atoms with Gasteiger partial charge in [-0.3, -0.25) is 9.36 Å². The second-order valence-electron chi connectivity index (χ2n) is 6.08. The molecule has 25 heavy (non-hydrogen) atoms. The number of benzene rings is 1. The summed E-state index contributed by atoms with van der Waals surface area (Å²) in [6, 6.07) is 9.30. The molecule has 1 fully saturated rings. The number of rotatable bonds is 3. The van der Waals surface area contributed by atoms with Crippen LogP contribution in [0.2, 0.25) is 5.02 Å². The Morgan fingerprint density at radius 2 is 2.16 bits per heavy atom. The third-order valence-corrected chi connectivity index (χ3v) is 4.71. The molecule has 4 rings (SSSR count). The Hall–Kier alpha value is -2.44. The molecule has 0 bridgehead atoms. The summed E-state index contributed by atoms with van der Waals surface area (Å²) in [7, 11) is 1.71. The molecule has 0 radical (unpaired) electrons. The first-order valence-electron chi connectivity index (χ1n) is 8.09. The standard InChI is InChI=1S/C18H17ClN4O2/c1-23-16-11(9-20-18(22-16)21-12-6-7-25-10-12)8-14(17(23)24)13-4-2-3-5-15(13)19/h2-5,8-9,12H,6-7,10H2,1H3,(H,20,21,22). The fraction of sp³-hybridized carbons (Fsp3) is 0.278. The van der Waals surface area contributed by atoms with Crippen molar-refractivity contribution in [3.05, 3.63) is 51.9 Å². The van der Waals surface area contributed by atoms with Gasteiger partial charge in [0.05, 0.1) is 12.6 Å². The molecule has 1 unspecified atom stereocenters. The van der Waals surface area contributed by atoms with E-state index < -0.39 is 0 Å². The largest absolute Gasteiger partial charge is 0.379 e. The van der Waals surface area contributed by atoms with Crippen molar-refractivity contribution in [2.75, 3.05) is 18.5 Å². The molecule has 1 atom stereocenters. The Bertz CT molecular complexity index is 996. The summed E-state index contributed by atoms with van der Waals surface area (Å²) >= 11 is 6.25. The van der Waals surface area contributed by atoms with Crippen LogP contribution in [0.3, 0.4) is 0 Å². The molecule has 0 aliphatic carbocycles. The molecule has 1 aromatic carbocycles. The molecular formula is C18H17ClN4O2. The number of hydrogen-bond donors (Lipinski definition) is 1. The van der Waals surface area contributed by atoms with E-state index in [1.165, 1.54) is 4.57 Å². The number of pyridine rings is 1. The van der Waals surface area contributed by atoms with Gasteiger partial charge in [0.15, 0.2) is 0 Å². The van der Waals surface area contributed by atoms with E-state index in [-0.39, 0.29) is 11.6 Å². The number of fused-ring (bicyclic) bond motifs is 1. The molecule has 1 saturated heterocycles. The van der Waals surface area contributed by atoms with Crippen molar-refractivity contribution in [3.8, 4) is 11.1 Å².